The lowest BCUT2D eigenvalue weighted by Gasteiger charge is -2.22. The molecule has 1 amide bonds. The lowest BCUT2D eigenvalue weighted by atomic mass is 10.2. The van der Waals surface area contributed by atoms with E-state index in [9.17, 15) is 17.6 Å². The molecule has 4 aromatic carbocycles. The zero-order valence-electron chi connectivity index (χ0n) is 21.3. The predicted molar refractivity (Wildman–Crippen MR) is 148 cm³/mol. The number of sulfonamides is 1. The minimum Gasteiger partial charge on any atom is -0.489 e. The van der Waals surface area contributed by atoms with E-state index in [-0.39, 0.29) is 17.0 Å². The standard InChI is InChI=1S/C30H28FN3O4S/c1-23-14-16-28(17-15-23)39(36,37)34(20-26-11-5-6-13-29(26)31)21-30(35)33-32-19-25-10-7-12-27(18-25)38-22-24-8-3-2-4-9-24/h2-19H,20-22H2,1H3,(H,33,35)/b32-19-. The fourth-order valence-electron chi connectivity index (χ4n) is 3.70. The van der Waals surface area contributed by atoms with Crippen molar-refractivity contribution in [3.05, 3.63) is 131 Å². The monoisotopic (exact) mass is 545 g/mol. The van der Waals surface area contributed by atoms with Gasteiger partial charge in [0.2, 0.25) is 10.0 Å². The van der Waals surface area contributed by atoms with E-state index >= 15 is 0 Å². The Hall–Kier alpha value is -4.34. The topological polar surface area (TPSA) is 88.1 Å². The molecule has 0 radical (unpaired) electrons. The maximum absolute atomic E-state index is 14.3. The number of hydrogen-bond donors (Lipinski definition) is 1. The van der Waals surface area contributed by atoms with Gasteiger partial charge in [-0.25, -0.2) is 18.2 Å². The van der Waals surface area contributed by atoms with Crippen LogP contribution in [0.15, 0.2) is 113 Å². The Morgan fingerprint density at radius 1 is 0.949 bits per heavy atom. The number of aryl methyl sites for hydroxylation is 1. The Morgan fingerprint density at radius 3 is 2.41 bits per heavy atom. The fraction of sp³-hybridized carbons (Fsp3) is 0.133. The lowest BCUT2D eigenvalue weighted by Crippen LogP contribution is -2.39. The Balaban J connectivity index is 1.43. The highest BCUT2D eigenvalue weighted by molar-refractivity contribution is 7.89. The zero-order valence-corrected chi connectivity index (χ0v) is 22.1. The second kappa shape index (κ2) is 12.9. The molecular formula is C30H28FN3O4S. The summed E-state index contributed by atoms with van der Waals surface area (Å²) in [4.78, 5) is 12.7. The minimum absolute atomic E-state index is 0.00746. The molecular weight excluding hydrogens is 517 g/mol. The molecule has 9 heteroatoms. The smallest absolute Gasteiger partial charge is 0.255 e. The van der Waals surface area contributed by atoms with Gasteiger partial charge in [0, 0.05) is 12.1 Å². The third-order valence-corrected chi connectivity index (χ3v) is 7.60. The highest BCUT2D eigenvalue weighted by atomic mass is 32.2. The molecule has 39 heavy (non-hydrogen) atoms. The normalized spacial score (nSPS) is 11.6. The second-order valence-corrected chi connectivity index (χ2v) is 10.8. The van der Waals surface area contributed by atoms with E-state index in [1.807, 2.05) is 43.3 Å². The molecule has 0 bridgehead atoms. The van der Waals surface area contributed by atoms with Crippen LogP contribution in [-0.2, 0) is 28.0 Å². The van der Waals surface area contributed by atoms with Gasteiger partial charge >= 0.3 is 0 Å². The average molecular weight is 546 g/mol. The number of amides is 1. The molecule has 0 aliphatic heterocycles. The predicted octanol–water partition coefficient (Wildman–Crippen LogP) is 5.05. The minimum atomic E-state index is -4.10. The van der Waals surface area contributed by atoms with Gasteiger partial charge in [-0.15, -0.1) is 0 Å². The highest BCUT2D eigenvalue weighted by Gasteiger charge is 2.27. The van der Waals surface area contributed by atoms with E-state index < -0.39 is 28.3 Å². The van der Waals surface area contributed by atoms with Gasteiger partial charge in [-0.05, 0) is 48.4 Å². The Morgan fingerprint density at radius 2 is 1.67 bits per heavy atom. The SMILES string of the molecule is Cc1ccc(S(=O)(=O)N(CC(=O)N/N=C\c2cccc(OCc3ccccc3)c2)Cc2ccccc2F)cc1. The molecule has 4 rings (SSSR count). The summed E-state index contributed by atoms with van der Waals surface area (Å²) in [6.07, 6.45) is 1.43. The zero-order chi connectivity index (χ0) is 27.7. The van der Waals surface area contributed by atoms with Crippen molar-refractivity contribution in [1.29, 1.82) is 0 Å². The summed E-state index contributed by atoms with van der Waals surface area (Å²) in [7, 11) is -4.10. The molecule has 0 atom stereocenters. The third kappa shape index (κ3) is 7.83. The number of halogens is 1. The van der Waals surface area contributed by atoms with Crippen LogP contribution in [0.4, 0.5) is 4.39 Å². The molecule has 0 aliphatic carbocycles. The van der Waals surface area contributed by atoms with Gasteiger partial charge < -0.3 is 4.74 Å². The van der Waals surface area contributed by atoms with Crippen LogP contribution >= 0.6 is 0 Å². The second-order valence-electron chi connectivity index (χ2n) is 8.82. The molecule has 0 saturated carbocycles. The summed E-state index contributed by atoms with van der Waals surface area (Å²) in [6.45, 7) is 1.37. The summed E-state index contributed by atoms with van der Waals surface area (Å²) in [5.41, 5.74) is 5.11. The number of carbonyl (C=O) groups excluding carboxylic acids is 1. The Bertz CT molecular complexity index is 1540. The molecule has 0 heterocycles. The average Bonchev–Trinajstić information content (AvgIpc) is 2.94. The number of nitrogens with zero attached hydrogens (tertiary/aromatic N) is 2. The largest absolute Gasteiger partial charge is 0.489 e. The molecule has 0 fully saturated rings. The lowest BCUT2D eigenvalue weighted by molar-refractivity contribution is -0.121. The quantitative estimate of drug-likeness (QED) is 0.211. The maximum Gasteiger partial charge on any atom is 0.255 e. The van der Waals surface area contributed by atoms with Crippen LogP contribution in [0.25, 0.3) is 0 Å². The van der Waals surface area contributed by atoms with Gasteiger partial charge in [-0.1, -0.05) is 78.4 Å². The molecule has 200 valence electrons. The summed E-state index contributed by atoms with van der Waals surface area (Å²) >= 11 is 0. The molecule has 0 unspecified atom stereocenters. The van der Waals surface area contributed by atoms with Crippen molar-refractivity contribution >= 4 is 22.1 Å². The fourth-order valence-corrected chi connectivity index (χ4v) is 5.08. The maximum atomic E-state index is 14.3. The van der Waals surface area contributed by atoms with Crippen molar-refractivity contribution in [2.75, 3.05) is 6.54 Å². The first-order valence-electron chi connectivity index (χ1n) is 12.2. The summed E-state index contributed by atoms with van der Waals surface area (Å²) in [5, 5.41) is 3.97. The van der Waals surface area contributed by atoms with Crippen molar-refractivity contribution in [3.63, 3.8) is 0 Å². The number of hydrogen-bond acceptors (Lipinski definition) is 5. The van der Waals surface area contributed by atoms with E-state index in [4.69, 9.17) is 4.74 Å². The first-order valence-corrected chi connectivity index (χ1v) is 13.6. The van der Waals surface area contributed by atoms with Crippen LogP contribution < -0.4 is 10.2 Å². The number of hydrazone groups is 1. The van der Waals surface area contributed by atoms with E-state index in [1.54, 1.807) is 36.4 Å². The van der Waals surface area contributed by atoms with Gasteiger partial charge in [0.05, 0.1) is 17.7 Å². The number of nitrogens with one attached hydrogen (secondary N) is 1. The number of benzene rings is 4. The van der Waals surface area contributed by atoms with Gasteiger partial charge in [0.25, 0.3) is 5.91 Å². The van der Waals surface area contributed by atoms with Crippen LogP contribution in [-0.4, -0.2) is 31.4 Å². The highest BCUT2D eigenvalue weighted by Crippen LogP contribution is 2.20. The molecule has 7 nitrogen and oxygen atoms in total. The third-order valence-electron chi connectivity index (χ3n) is 5.79. The van der Waals surface area contributed by atoms with Crippen LogP contribution in [0.2, 0.25) is 0 Å². The number of ether oxygens (including phenoxy) is 1. The molecule has 0 aromatic heterocycles. The van der Waals surface area contributed by atoms with Crippen LogP contribution in [0.1, 0.15) is 22.3 Å². The first kappa shape index (κ1) is 27.7. The van der Waals surface area contributed by atoms with Crippen molar-refractivity contribution in [2.24, 2.45) is 5.10 Å². The molecule has 1 N–H and O–H groups in total. The van der Waals surface area contributed by atoms with Crippen LogP contribution in [0, 0.1) is 12.7 Å². The van der Waals surface area contributed by atoms with Gasteiger partial charge in [0.15, 0.2) is 0 Å². The van der Waals surface area contributed by atoms with Crippen molar-refractivity contribution in [3.8, 4) is 5.75 Å². The number of rotatable bonds is 11. The summed E-state index contributed by atoms with van der Waals surface area (Å²) in [6, 6.07) is 29.0. The molecule has 0 spiro atoms. The van der Waals surface area contributed by atoms with E-state index in [1.165, 1.54) is 36.5 Å². The first-order chi connectivity index (χ1) is 18.8. The Labute approximate surface area is 227 Å². The van der Waals surface area contributed by atoms with Gasteiger partial charge in [-0.2, -0.15) is 9.41 Å². The van der Waals surface area contributed by atoms with Gasteiger partial charge in [0.1, 0.15) is 18.2 Å². The molecule has 0 saturated heterocycles. The summed E-state index contributed by atoms with van der Waals surface area (Å²) < 4.78 is 47.8. The summed E-state index contributed by atoms with van der Waals surface area (Å²) in [5.74, 6) is -0.599. The van der Waals surface area contributed by atoms with E-state index in [0.717, 1.165) is 15.4 Å². The van der Waals surface area contributed by atoms with Crippen molar-refractivity contribution < 1.29 is 22.3 Å². The molecule has 0 aliphatic rings. The van der Waals surface area contributed by atoms with Crippen LogP contribution in [0.3, 0.4) is 0 Å². The van der Waals surface area contributed by atoms with E-state index in [0.29, 0.717) is 17.9 Å². The van der Waals surface area contributed by atoms with Crippen LogP contribution in [0.5, 0.6) is 5.75 Å². The Kier molecular flexibility index (Phi) is 9.19. The van der Waals surface area contributed by atoms with Gasteiger partial charge in [-0.3, -0.25) is 4.79 Å². The number of carbonyl (C=O) groups is 1. The molecule has 4 aromatic rings. The van der Waals surface area contributed by atoms with Crippen molar-refractivity contribution in [1.82, 2.24) is 9.73 Å². The van der Waals surface area contributed by atoms with E-state index in [2.05, 4.69) is 10.5 Å². The van der Waals surface area contributed by atoms with Crippen molar-refractivity contribution in [2.45, 2.75) is 25.0 Å².